The van der Waals surface area contributed by atoms with Gasteiger partial charge in [0.25, 0.3) is 0 Å². The second kappa shape index (κ2) is 7.45. The smallest absolute Gasteiger partial charge is 0.310 e. The number of carbonyl (C=O) groups excluding carboxylic acids is 1. The zero-order valence-corrected chi connectivity index (χ0v) is 11.1. The Kier molecular flexibility index (Phi) is 6.17. The van der Waals surface area contributed by atoms with Gasteiger partial charge in [-0.15, -0.1) is 0 Å². The molecule has 0 spiro atoms. The number of hydrogen-bond acceptors (Lipinski definition) is 4. The molecule has 0 bridgehead atoms. The largest absolute Gasteiger partial charge is 0.463 e. The van der Waals surface area contributed by atoms with Crippen LogP contribution in [0.3, 0.4) is 0 Å². The third-order valence-corrected chi connectivity index (χ3v) is 2.42. The Hall–Kier alpha value is -0.820. The number of methoxy groups -OCH3 is 1. The van der Waals surface area contributed by atoms with Crippen molar-refractivity contribution in [2.45, 2.75) is 6.42 Å². The molecule has 1 aromatic carbocycles. The van der Waals surface area contributed by atoms with Crippen LogP contribution in [-0.2, 0) is 20.7 Å². The van der Waals surface area contributed by atoms with Gasteiger partial charge >= 0.3 is 5.97 Å². The van der Waals surface area contributed by atoms with Crippen LogP contribution in [0.25, 0.3) is 0 Å². The summed E-state index contributed by atoms with van der Waals surface area (Å²) in [6, 6.07) is 7.30. The van der Waals surface area contributed by atoms with E-state index in [9.17, 15) is 4.79 Å². The normalized spacial score (nSPS) is 9.88. The second-order valence-corrected chi connectivity index (χ2v) is 3.55. The number of benzene rings is 1. The Morgan fingerprint density at radius 3 is 2.50 bits per heavy atom. The van der Waals surface area contributed by atoms with Gasteiger partial charge in [0, 0.05) is 7.11 Å². The molecule has 0 unspecified atom stereocenters. The van der Waals surface area contributed by atoms with Crippen LogP contribution in [0.4, 0.5) is 0 Å². The maximum absolute atomic E-state index is 11.3. The molecule has 4 nitrogen and oxygen atoms in total. The average molecular weight is 336 g/mol. The molecule has 88 valence electrons. The van der Waals surface area contributed by atoms with Gasteiger partial charge in [-0.3, -0.25) is 4.79 Å². The molecule has 0 heterocycles. The third-order valence-electron chi connectivity index (χ3n) is 1.91. The first-order valence-corrected chi connectivity index (χ1v) is 5.66. The molecule has 0 aliphatic heterocycles. The molecular formula is C11H13IO4. The second-order valence-electron chi connectivity index (χ2n) is 3.11. The van der Waals surface area contributed by atoms with Crippen LogP contribution >= 0.6 is 23.0 Å². The Morgan fingerprint density at radius 1 is 1.25 bits per heavy atom. The van der Waals surface area contributed by atoms with Gasteiger partial charge in [-0.25, -0.2) is 0 Å². The van der Waals surface area contributed by atoms with E-state index in [0.29, 0.717) is 13.2 Å². The van der Waals surface area contributed by atoms with Crippen LogP contribution in [0.15, 0.2) is 24.3 Å². The number of rotatable bonds is 6. The summed E-state index contributed by atoms with van der Waals surface area (Å²) in [5.41, 5.74) is 0.902. The summed E-state index contributed by atoms with van der Waals surface area (Å²) in [6.45, 7) is 0.720. The summed E-state index contributed by atoms with van der Waals surface area (Å²) in [5, 5.41) is 0. The molecule has 5 heteroatoms. The molecule has 0 aliphatic carbocycles. The van der Waals surface area contributed by atoms with Crippen LogP contribution in [-0.4, -0.2) is 26.3 Å². The highest BCUT2D eigenvalue weighted by atomic mass is 127. The summed E-state index contributed by atoms with van der Waals surface area (Å²) in [6.07, 6.45) is 0.269. The highest BCUT2D eigenvalue weighted by Crippen LogP contribution is 2.14. The fourth-order valence-electron chi connectivity index (χ4n) is 1.12. The summed E-state index contributed by atoms with van der Waals surface area (Å²) >= 11 is 1.81. The molecule has 16 heavy (non-hydrogen) atoms. The lowest BCUT2D eigenvalue weighted by Gasteiger charge is -2.04. The van der Waals surface area contributed by atoms with Crippen molar-refractivity contribution >= 4 is 29.0 Å². The zero-order valence-electron chi connectivity index (χ0n) is 8.94. The van der Waals surface area contributed by atoms with E-state index in [1.807, 2.05) is 47.3 Å². The summed E-state index contributed by atoms with van der Waals surface area (Å²) < 4.78 is 14.7. The van der Waals surface area contributed by atoms with E-state index >= 15 is 0 Å². The summed E-state index contributed by atoms with van der Waals surface area (Å²) in [4.78, 5) is 11.3. The van der Waals surface area contributed by atoms with Crippen molar-refractivity contribution < 1.29 is 17.3 Å². The highest BCUT2D eigenvalue weighted by Gasteiger charge is 2.04. The van der Waals surface area contributed by atoms with E-state index in [0.717, 1.165) is 11.3 Å². The first-order valence-electron chi connectivity index (χ1n) is 4.78. The Morgan fingerprint density at radius 2 is 1.94 bits per heavy atom. The zero-order chi connectivity index (χ0) is 11.8. The van der Waals surface area contributed by atoms with E-state index < -0.39 is 0 Å². The van der Waals surface area contributed by atoms with Gasteiger partial charge in [0.2, 0.25) is 0 Å². The van der Waals surface area contributed by atoms with E-state index in [1.165, 1.54) is 0 Å². The lowest BCUT2D eigenvalue weighted by Crippen LogP contribution is -2.11. The maximum atomic E-state index is 11.3. The minimum atomic E-state index is -0.250. The number of ether oxygens (including phenoxy) is 2. The molecule has 1 rings (SSSR count). The fraction of sp³-hybridized carbons (Fsp3) is 0.364. The number of halogens is 1. The first-order chi connectivity index (χ1) is 7.76. The number of carbonyl (C=O) groups is 1. The third kappa shape index (κ3) is 4.80. The highest BCUT2D eigenvalue weighted by molar-refractivity contribution is 14.1. The predicted octanol–water partition coefficient (Wildman–Crippen LogP) is 2.15. The molecule has 0 N–H and O–H groups in total. The van der Waals surface area contributed by atoms with Crippen molar-refractivity contribution in [2.75, 3.05) is 20.3 Å². The molecule has 0 saturated carbocycles. The van der Waals surface area contributed by atoms with Crippen LogP contribution in [0, 0.1) is 0 Å². The van der Waals surface area contributed by atoms with Crippen LogP contribution in [0.2, 0.25) is 0 Å². The molecule has 1 aromatic rings. The minimum Gasteiger partial charge on any atom is -0.463 e. The molecule has 0 atom stereocenters. The SMILES string of the molecule is COCCOC(=O)Cc1ccc(OI)cc1. The molecule has 0 amide bonds. The number of hydrogen-bond donors (Lipinski definition) is 0. The van der Waals surface area contributed by atoms with E-state index in [2.05, 4.69) is 0 Å². The van der Waals surface area contributed by atoms with Crippen LogP contribution in [0.5, 0.6) is 5.75 Å². The molecule has 0 saturated heterocycles. The van der Waals surface area contributed by atoms with Gasteiger partial charge in [0.15, 0.2) is 23.0 Å². The van der Waals surface area contributed by atoms with Crippen LogP contribution < -0.4 is 3.07 Å². The average Bonchev–Trinajstić information content (AvgIpc) is 2.30. The minimum absolute atomic E-state index is 0.250. The lowest BCUT2D eigenvalue weighted by atomic mass is 10.1. The standard InChI is InChI=1S/C11H13IO4/c1-14-6-7-15-11(13)8-9-2-4-10(16-12)5-3-9/h2-5H,6-8H2,1H3. The Bertz CT molecular complexity index is 323. The van der Waals surface area contributed by atoms with Gasteiger partial charge in [0.05, 0.1) is 13.0 Å². The maximum Gasteiger partial charge on any atom is 0.310 e. The summed E-state index contributed by atoms with van der Waals surface area (Å²) in [5.74, 6) is 0.511. The van der Waals surface area contributed by atoms with E-state index in [-0.39, 0.29) is 12.4 Å². The van der Waals surface area contributed by atoms with Gasteiger partial charge in [0.1, 0.15) is 12.4 Å². The first kappa shape index (κ1) is 13.2. The van der Waals surface area contributed by atoms with Crippen molar-refractivity contribution in [2.24, 2.45) is 0 Å². The van der Waals surface area contributed by atoms with E-state index in [4.69, 9.17) is 12.5 Å². The predicted molar refractivity (Wildman–Crippen MR) is 67.6 cm³/mol. The van der Waals surface area contributed by atoms with Gasteiger partial charge in [-0.2, -0.15) is 0 Å². The topological polar surface area (TPSA) is 44.8 Å². The van der Waals surface area contributed by atoms with Crippen molar-refractivity contribution in [3.63, 3.8) is 0 Å². The van der Waals surface area contributed by atoms with Crippen molar-refractivity contribution in [3.05, 3.63) is 29.8 Å². The van der Waals surface area contributed by atoms with Crippen molar-refractivity contribution in [3.8, 4) is 5.75 Å². The summed E-state index contributed by atoms with van der Waals surface area (Å²) in [7, 11) is 1.57. The number of esters is 1. The molecule has 0 fully saturated rings. The van der Waals surface area contributed by atoms with Crippen LogP contribution in [0.1, 0.15) is 5.56 Å². The lowest BCUT2D eigenvalue weighted by molar-refractivity contribution is -0.144. The monoisotopic (exact) mass is 336 g/mol. The van der Waals surface area contributed by atoms with Gasteiger partial charge in [-0.05, 0) is 17.7 Å². The molecular weight excluding hydrogens is 323 g/mol. The molecule has 0 radical (unpaired) electrons. The quantitative estimate of drug-likeness (QED) is 0.454. The fourth-order valence-corrected chi connectivity index (χ4v) is 1.41. The van der Waals surface area contributed by atoms with Crippen molar-refractivity contribution in [1.82, 2.24) is 0 Å². The van der Waals surface area contributed by atoms with Gasteiger partial charge in [-0.1, -0.05) is 12.1 Å². The molecule has 0 aliphatic rings. The van der Waals surface area contributed by atoms with Gasteiger partial charge < -0.3 is 12.5 Å². The Labute approximate surface area is 109 Å². The van der Waals surface area contributed by atoms with Crippen molar-refractivity contribution in [1.29, 1.82) is 0 Å². The Balaban J connectivity index is 2.37. The van der Waals surface area contributed by atoms with E-state index in [1.54, 1.807) is 7.11 Å². The molecule has 0 aromatic heterocycles.